The minimum atomic E-state index is 0.318. The van der Waals surface area contributed by atoms with E-state index in [-0.39, 0.29) is 0 Å². The van der Waals surface area contributed by atoms with E-state index in [4.69, 9.17) is 20.9 Å². The van der Waals surface area contributed by atoms with Crippen LogP contribution in [0.25, 0.3) is 0 Å². The summed E-state index contributed by atoms with van der Waals surface area (Å²) < 4.78 is 10.8. The third-order valence-electron chi connectivity index (χ3n) is 2.51. The van der Waals surface area contributed by atoms with E-state index in [9.17, 15) is 0 Å². The number of nitrogens with zero attached hydrogens (tertiary/aromatic N) is 1. The summed E-state index contributed by atoms with van der Waals surface area (Å²) in [5.74, 6) is 1.32. The monoisotopic (exact) mass is 280 g/mol. The second kappa shape index (κ2) is 6.59. The highest BCUT2D eigenvalue weighted by molar-refractivity contribution is 6.32. The van der Waals surface area contributed by atoms with E-state index >= 15 is 0 Å². The van der Waals surface area contributed by atoms with Crippen molar-refractivity contribution in [3.8, 4) is 5.75 Å². The van der Waals surface area contributed by atoms with Gasteiger partial charge in [-0.3, -0.25) is 0 Å². The second-order valence-electron chi connectivity index (χ2n) is 4.54. The van der Waals surface area contributed by atoms with Crippen molar-refractivity contribution in [1.29, 1.82) is 0 Å². The lowest BCUT2D eigenvalue weighted by Crippen LogP contribution is -2.21. The molecule has 0 fully saturated rings. The van der Waals surface area contributed by atoms with Crippen LogP contribution < -0.4 is 10.1 Å². The minimum Gasteiger partial charge on any atom is -0.484 e. The molecule has 0 aliphatic carbocycles. The van der Waals surface area contributed by atoms with E-state index in [0.29, 0.717) is 35.7 Å². The Bertz CT molecular complexity index is 526. The summed E-state index contributed by atoms with van der Waals surface area (Å²) >= 11 is 6.00. The lowest BCUT2D eigenvalue weighted by Gasteiger charge is -2.05. The van der Waals surface area contributed by atoms with Crippen LogP contribution in [0.1, 0.15) is 25.3 Å². The molecule has 1 heterocycles. The molecule has 4 nitrogen and oxygen atoms in total. The van der Waals surface area contributed by atoms with E-state index in [1.54, 1.807) is 6.07 Å². The average Bonchev–Trinajstić information content (AvgIpc) is 2.83. The molecule has 0 aliphatic heterocycles. The molecule has 0 radical (unpaired) electrons. The maximum absolute atomic E-state index is 6.00. The van der Waals surface area contributed by atoms with Crippen LogP contribution >= 0.6 is 11.6 Å². The molecule has 1 aromatic carbocycles. The number of ether oxygens (including phenoxy) is 1. The maximum Gasteiger partial charge on any atom is 0.174 e. The number of halogens is 1. The summed E-state index contributed by atoms with van der Waals surface area (Å²) in [5, 5.41) is 7.83. The average molecular weight is 281 g/mol. The van der Waals surface area contributed by atoms with Gasteiger partial charge in [0, 0.05) is 18.7 Å². The fourth-order valence-corrected chi connectivity index (χ4v) is 1.72. The molecule has 0 saturated heterocycles. The molecule has 0 spiro atoms. The Labute approximate surface area is 117 Å². The molecule has 2 aromatic rings. The van der Waals surface area contributed by atoms with Crippen LogP contribution in [0.2, 0.25) is 5.02 Å². The van der Waals surface area contributed by atoms with Gasteiger partial charge >= 0.3 is 0 Å². The number of hydrogen-bond acceptors (Lipinski definition) is 4. The van der Waals surface area contributed by atoms with Crippen LogP contribution in [-0.2, 0) is 13.2 Å². The molecule has 1 aromatic heterocycles. The Kier molecular flexibility index (Phi) is 4.82. The molecule has 1 N–H and O–H groups in total. The molecular weight excluding hydrogens is 264 g/mol. The van der Waals surface area contributed by atoms with Crippen molar-refractivity contribution in [1.82, 2.24) is 10.5 Å². The molecule has 0 saturated carbocycles. The smallest absolute Gasteiger partial charge is 0.174 e. The van der Waals surface area contributed by atoms with Gasteiger partial charge in [-0.15, -0.1) is 0 Å². The number of rotatable bonds is 6. The van der Waals surface area contributed by atoms with E-state index < -0.39 is 0 Å². The first kappa shape index (κ1) is 13.9. The SMILES string of the molecule is CC(C)NCc1cc(COc2ccccc2Cl)on1. The van der Waals surface area contributed by atoms with Gasteiger partial charge in [0.2, 0.25) is 0 Å². The highest BCUT2D eigenvalue weighted by atomic mass is 35.5. The van der Waals surface area contributed by atoms with Gasteiger partial charge in [-0.1, -0.05) is 42.7 Å². The molecule has 19 heavy (non-hydrogen) atoms. The van der Waals surface area contributed by atoms with Crippen LogP contribution in [0.4, 0.5) is 0 Å². The van der Waals surface area contributed by atoms with E-state index in [2.05, 4.69) is 24.3 Å². The van der Waals surface area contributed by atoms with Crippen LogP contribution in [0.5, 0.6) is 5.75 Å². The van der Waals surface area contributed by atoms with Crippen molar-refractivity contribution in [2.24, 2.45) is 0 Å². The zero-order valence-corrected chi connectivity index (χ0v) is 11.8. The van der Waals surface area contributed by atoms with Crippen molar-refractivity contribution < 1.29 is 9.26 Å². The Hall–Kier alpha value is -1.52. The lowest BCUT2D eigenvalue weighted by molar-refractivity contribution is 0.248. The van der Waals surface area contributed by atoms with Gasteiger partial charge in [-0.2, -0.15) is 0 Å². The summed E-state index contributed by atoms with van der Waals surface area (Å²) in [5.41, 5.74) is 0.867. The van der Waals surface area contributed by atoms with Gasteiger partial charge in [-0.25, -0.2) is 0 Å². The number of benzene rings is 1. The number of hydrogen-bond donors (Lipinski definition) is 1. The van der Waals surface area contributed by atoms with E-state index in [1.807, 2.05) is 24.3 Å². The molecule has 0 bridgehead atoms. The minimum absolute atomic E-state index is 0.318. The van der Waals surface area contributed by atoms with Crippen molar-refractivity contribution in [2.45, 2.75) is 33.0 Å². The first-order valence-electron chi connectivity index (χ1n) is 6.20. The molecule has 0 atom stereocenters. The zero-order chi connectivity index (χ0) is 13.7. The summed E-state index contributed by atoms with van der Waals surface area (Å²) in [6.07, 6.45) is 0. The first-order valence-corrected chi connectivity index (χ1v) is 6.58. The lowest BCUT2D eigenvalue weighted by atomic mass is 10.3. The van der Waals surface area contributed by atoms with E-state index in [1.165, 1.54) is 0 Å². The quantitative estimate of drug-likeness (QED) is 0.881. The van der Waals surface area contributed by atoms with Crippen LogP contribution in [0.3, 0.4) is 0 Å². The third kappa shape index (κ3) is 4.26. The predicted octanol–water partition coefficient (Wildman–Crippen LogP) is 3.41. The normalized spacial score (nSPS) is 10.9. The van der Waals surface area contributed by atoms with Crippen LogP contribution in [-0.4, -0.2) is 11.2 Å². The Morgan fingerprint density at radius 2 is 2.16 bits per heavy atom. The van der Waals surface area contributed by atoms with Crippen molar-refractivity contribution in [3.63, 3.8) is 0 Å². The zero-order valence-electron chi connectivity index (χ0n) is 11.0. The Morgan fingerprint density at radius 3 is 2.89 bits per heavy atom. The van der Waals surface area contributed by atoms with Gasteiger partial charge in [0.15, 0.2) is 5.76 Å². The van der Waals surface area contributed by atoms with Gasteiger partial charge in [0.05, 0.1) is 10.7 Å². The fourth-order valence-electron chi connectivity index (χ4n) is 1.53. The van der Waals surface area contributed by atoms with Crippen molar-refractivity contribution >= 4 is 11.6 Å². The summed E-state index contributed by atoms with van der Waals surface area (Å²) in [6.45, 7) is 5.18. The van der Waals surface area contributed by atoms with Gasteiger partial charge in [-0.05, 0) is 12.1 Å². The maximum atomic E-state index is 6.00. The summed E-state index contributed by atoms with van der Waals surface area (Å²) in [7, 11) is 0. The van der Waals surface area contributed by atoms with Gasteiger partial charge in [0.25, 0.3) is 0 Å². The van der Waals surface area contributed by atoms with Gasteiger partial charge < -0.3 is 14.6 Å². The molecule has 0 amide bonds. The van der Waals surface area contributed by atoms with Gasteiger partial charge in [0.1, 0.15) is 12.4 Å². The van der Waals surface area contributed by atoms with Crippen LogP contribution in [0.15, 0.2) is 34.9 Å². The molecule has 2 rings (SSSR count). The fraction of sp³-hybridized carbons (Fsp3) is 0.357. The second-order valence-corrected chi connectivity index (χ2v) is 4.95. The first-order chi connectivity index (χ1) is 9.15. The molecular formula is C14H17ClN2O2. The molecule has 5 heteroatoms. The highest BCUT2D eigenvalue weighted by Crippen LogP contribution is 2.24. The number of aromatic nitrogens is 1. The Morgan fingerprint density at radius 1 is 1.37 bits per heavy atom. The van der Waals surface area contributed by atoms with Crippen molar-refractivity contribution in [2.75, 3.05) is 0 Å². The largest absolute Gasteiger partial charge is 0.484 e. The van der Waals surface area contributed by atoms with Crippen LogP contribution in [0, 0.1) is 0 Å². The topological polar surface area (TPSA) is 47.3 Å². The Balaban J connectivity index is 1.88. The van der Waals surface area contributed by atoms with E-state index in [0.717, 1.165) is 5.69 Å². The molecule has 0 aliphatic rings. The molecule has 102 valence electrons. The third-order valence-corrected chi connectivity index (χ3v) is 2.82. The number of nitrogens with one attached hydrogen (secondary N) is 1. The standard InChI is InChI=1S/C14H17ClN2O2/c1-10(2)16-8-11-7-12(19-17-11)9-18-14-6-4-3-5-13(14)15/h3-7,10,16H,8-9H2,1-2H3. The van der Waals surface area contributed by atoms with Crippen molar-refractivity contribution in [3.05, 3.63) is 46.8 Å². The highest BCUT2D eigenvalue weighted by Gasteiger charge is 2.06. The summed E-state index contributed by atoms with van der Waals surface area (Å²) in [6, 6.07) is 9.64. The number of para-hydroxylation sites is 1. The predicted molar refractivity (Wildman–Crippen MR) is 74.3 cm³/mol. The molecule has 0 unspecified atom stereocenters. The summed E-state index contributed by atoms with van der Waals surface area (Å²) in [4.78, 5) is 0.